The van der Waals surface area contributed by atoms with Gasteiger partial charge < -0.3 is 114 Å². The Bertz CT molecular complexity index is 2260. The number of carbonyl (C=O) groups is 1. The molecule has 0 radical (unpaired) electrons. The number of hydrogen-bond acceptors (Lipinski definition) is 24. The molecule has 3 saturated heterocycles. The standard InChI is InChI=1S/C43H50O24/c1-58-25-7-16(8-26(59-2)32(25)51)3-6-30(49)60-14-28-33(52)35(54)38(57)41(65-28)62-15-29-34(53)36(55)40(67-42-37(56)31(50)23(48)13-61-42)43(66-29)64-27-12-19-21(46)10-18(44)11-24(19)63-39(27)17-4-5-20(45)22(47)9-17/h3-12,23,28-29,31,33-48,50-57H,13-15H2,1-2H3. The van der Waals surface area contributed by atoms with Gasteiger partial charge in [0.2, 0.25) is 12.0 Å². The van der Waals surface area contributed by atoms with Gasteiger partial charge >= 0.3 is 5.97 Å². The van der Waals surface area contributed by atoms with Crippen molar-refractivity contribution in [2.24, 2.45) is 0 Å². The van der Waals surface area contributed by atoms with Crippen LogP contribution in [-0.4, -0.2) is 192 Å². The Balaban J connectivity index is 1.10. The Morgan fingerprint density at radius 1 is 0.701 bits per heavy atom. The largest absolute Gasteiger partial charge is 0.508 e. The Morgan fingerprint density at radius 3 is 2.04 bits per heavy atom. The minimum atomic E-state index is -2.03. The fourth-order valence-electron chi connectivity index (χ4n) is 7.51. The molecule has 0 amide bonds. The van der Waals surface area contributed by atoms with Crippen LogP contribution >= 0.6 is 0 Å². The van der Waals surface area contributed by atoms with E-state index in [9.17, 15) is 71.2 Å². The lowest BCUT2D eigenvalue weighted by atomic mass is 9.97. The topological polar surface area (TPSA) is 372 Å². The molecule has 4 aliphatic rings. The second-order valence-corrected chi connectivity index (χ2v) is 15.7. The summed E-state index contributed by atoms with van der Waals surface area (Å²) in [6.07, 6.45) is -23.1. The quantitative estimate of drug-likeness (QED) is 0.0476. The molecule has 3 fully saturated rings. The van der Waals surface area contributed by atoms with Crippen molar-refractivity contribution < 1.29 is 119 Å². The SMILES string of the molecule is COc1cc(C=CC(=O)OCC2OC(OCC3OC(OC4=Cc5c(O)cc(O)cc5OC4c4ccc(O)c(O)c4)C(OC4OCC(O)C(O)C4O)C(O)C3O)C(O)C(O)C2O)cc(OC)c1O. The van der Waals surface area contributed by atoms with Crippen LogP contribution in [0.1, 0.15) is 22.8 Å². The van der Waals surface area contributed by atoms with E-state index in [4.69, 9.17) is 47.4 Å². The molecule has 15 unspecified atom stereocenters. The van der Waals surface area contributed by atoms with Crippen molar-refractivity contribution in [3.05, 3.63) is 71.0 Å². The number of methoxy groups -OCH3 is 2. The minimum Gasteiger partial charge on any atom is -0.508 e. The number of phenolic OH excluding ortho intramolecular Hbond substituents is 5. The summed E-state index contributed by atoms with van der Waals surface area (Å²) in [6.45, 7) is -1.98. The molecule has 4 heterocycles. The molecule has 0 aliphatic carbocycles. The molecule has 0 spiro atoms. The molecule has 15 atom stereocenters. The van der Waals surface area contributed by atoms with Gasteiger partial charge in [0.05, 0.1) is 33.0 Å². The van der Waals surface area contributed by atoms with E-state index >= 15 is 0 Å². The first-order valence-electron chi connectivity index (χ1n) is 20.5. The van der Waals surface area contributed by atoms with Crippen LogP contribution in [-0.2, 0) is 38.0 Å². The van der Waals surface area contributed by atoms with E-state index in [-0.39, 0.29) is 45.6 Å². The third kappa shape index (κ3) is 10.6. The lowest BCUT2D eigenvalue weighted by molar-refractivity contribution is -0.360. The Kier molecular flexibility index (Phi) is 15.2. The normalized spacial score (nSPS) is 33.0. The summed E-state index contributed by atoms with van der Waals surface area (Å²) >= 11 is 0. The fraction of sp³-hybridized carbons (Fsp3) is 0.465. The maximum absolute atomic E-state index is 12.7. The molecule has 3 aromatic rings. The van der Waals surface area contributed by atoms with E-state index in [0.29, 0.717) is 5.56 Å². The fourth-order valence-corrected chi connectivity index (χ4v) is 7.51. The van der Waals surface area contributed by atoms with Crippen molar-refractivity contribution in [1.29, 1.82) is 0 Å². The van der Waals surface area contributed by atoms with Gasteiger partial charge in [0.25, 0.3) is 0 Å². The Labute approximate surface area is 379 Å². The highest BCUT2D eigenvalue weighted by molar-refractivity contribution is 5.87. The molecule has 4 aliphatic heterocycles. The predicted octanol–water partition coefficient (Wildman–Crippen LogP) is -1.93. The van der Waals surface area contributed by atoms with E-state index in [1.807, 2.05) is 0 Å². The van der Waals surface area contributed by atoms with Gasteiger partial charge in [0.1, 0.15) is 90.7 Å². The van der Waals surface area contributed by atoms with Gasteiger partial charge in [-0.1, -0.05) is 6.07 Å². The first-order valence-corrected chi connectivity index (χ1v) is 20.5. The van der Waals surface area contributed by atoms with Crippen LogP contribution in [0.2, 0.25) is 0 Å². The summed E-state index contributed by atoms with van der Waals surface area (Å²) in [7, 11) is 2.63. The summed E-state index contributed by atoms with van der Waals surface area (Å²) in [5.74, 6) is -3.31. The summed E-state index contributed by atoms with van der Waals surface area (Å²) in [6, 6.07) is 8.59. The molecule has 3 aromatic carbocycles. The Morgan fingerprint density at radius 2 is 1.36 bits per heavy atom. The highest BCUT2D eigenvalue weighted by Crippen LogP contribution is 2.46. The van der Waals surface area contributed by atoms with Gasteiger partial charge in [-0.05, 0) is 42.0 Å². The number of benzene rings is 3. The van der Waals surface area contributed by atoms with Gasteiger partial charge in [-0.15, -0.1) is 0 Å². The zero-order chi connectivity index (χ0) is 48.4. The van der Waals surface area contributed by atoms with E-state index < -0.39 is 135 Å². The maximum atomic E-state index is 12.7. The van der Waals surface area contributed by atoms with Crippen LogP contribution in [0.5, 0.6) is 46.0 Å². The van der Waals surface area contributed by atoms with E-state index in [0.717, 1.165) is 24.3 Å². The summed E-state index contributed by atoms with van der Waals surface area (Å²) in [5, 5.41) is 138. The van der Waals surface area contributed by atoms with Crippen molar-refractivity contribution in [3.63, 3.8) is 0 Å². The molecule has 366 valence electrons. The average Bonchev–Trinajstić information content (AvgIpc) is 3.30. The van der Waals surface area contributed by atoms with Crippen molar-refractivity contribution in [1.82, 2.24) is 0 Å². The highest BCUT2D eigenvalue weighted by atomic mass is 16.8. The number of esters is 1. The summed E-state index contributed by atoms with van der Waals surface area (Å²) in [4.78, 5) is 12.7. The number of fused-ring (bicyclic) bond motifs is 1. The number of rotatable bonds is 14. The zero-order valence-electron chi connectivity index (χ0n) is 35.4. The second-order valence-electron chi connectivity index (χ2n) is 15.7. The molecule has 0 bridgehead atoms. The average molecular weight is 951 g/mol. The lowest BCUT2D eigenvalue weighted by Crippen LogP contribution is -2.64. The first-order chi connectivity index (χ1) is 31.9. The number of hydrogen-bond donors (Lipinski definition) is 13. The van der Waals surface area contributed by atoms with Crippen molar-refractivity contribution in [2.75, 3.05) is 34.0 Å². The molecule has 13 N–H and O–H groups in total. The number of aromatic hydroxyl groups is 5. The summed E-state index contributed by atoms with van der Waals surface area (Å²) in [5.41, 5.74) is 0.479. The number of aliphatic hydroxyl groups is 8. The van der Waals surface area contributed by atoms with Gasteiger partial charge in [0.15, 0.2) is 47.8 Å². The third-order valence-electron chi connectivity index (χ3n) is 11.2. The van der Waals surface area contributed by atoms with Crippen LogP contribution in [0.3, 0.4) is 0 Å². The third-order valence-corrected chi connectivity index (χ3v) is 11.2. The number of ether oxygens (including phenoxy) is 10. The van der Waals surface area contributed by atoms with Crippen LogP contribution in [0.4, 0.5) is 0 Å². The molecule has 0 aromatic heterocycles. The Hall–Kier alpha value is -5.71. The zero-order valence-corrected chi connectivity index (χ0v) is 35.4. The highest BCUT2D eigenvalue weighted by Gasteiger charge is 2.52. The smallest absolute Gasteiger partial charge is 0.330 e. The van der Waals surface area contributed by atoms with Crippen molar-refractivity contribution >= 4 is 18.1 Å². The first kappa shape index (κ1) is 49.2. The van der Waals surface area contributed by atoms with Crippen molar-refractivity contribution in [3.8, 4) is 46.0 Å². The van der Waals surface area contributed by atoms with E-state index in [1.54, 1.807) is 0 Å². The molecule has 24 nitrogen and oxygen atoms in total. The molecule has 67 heavy (non-hydrogen) atoms. The molecule has 24 heteroatoms. The second kappa shape index (κ2) is 20.7. The number of aliphatic hydroxyl groups excluding tert-OH is 8. The molecular formula is C43H50O24. The molecule has 0 saturated carbocycles. The molecular weight excluding hydrogens is 900 g/mol. The predicted molar refractivity (Wildman–Crippen MR) is 219 cm³/mol. The van der Waals surface area contributed by atoms with Crippen LogP contribution in [0.25, 0.3) is 12.2 Å². The molecule has 7 rings (SSSR count). The monoisotopic (exact) mass is 950 g/mol. The maximum Gasteiger partial charge on any atom is 0.330 e. The number of carbonyl (C=O) groups excluding carboxylic acids is 1. The van der Waals surface area contributed by atoms with Crippen LogP contribution < -0.4 is 14.2 Å². The lowest BCUT2D eigenvalue weighted by Gasteiger charge is -2.46. The van der Waals surface area contributed by atoms with Crippen molar-refractivity contribution in [2.45, 2.75) is 92.1 Å². The number of phenols is 5. The van der Waals surface area contributed by atoms with Crippen LogP contribution in [0, 0.1) is 0 Å². The van der Waals surface area contributed by atoms with Gasteiger partial charge in [-0.25, -0.2) is 4.79 Å². The van der Waals surface area contributed by atoms with Crippen LogP contribution in [0.15, 0.2) is 54.3 Å². The van der Waals surface area contributed by atoms with Gasteiger partial charge in [0, 0.05) is 23.8 Å². The minimum absolute atomic E-state index is 0.0250. The van der Waals surface area contributed by atoms with Gasteiger partial charge in [-0.3, -0.25) is 0 Å². The summed E-state index contributed by atoms with van der Waals surface area (Å²) < 4.78 is 56.4. The van der Waals surface area contributed by atoms with E-state index in [1.165, 1.54) is 50.6 Å². The van der Waals surface area contributed by atoms with Gasteiger partial charge in [-0.2, -0.15) is 0 Å². The van der Waals surface area contributed by atoms with E-state index in [2.05, 4.69) is 0 Å².